The average molecular weight is 382 g/mol. The minimum absolute atomic E-state index is 0.00686. The van der Waals surface area contributed by atoms with E-state index in [4.69, 9.17) is 5.73 Å². The van der Waals surface area contributed by atoms with E-state index >= 15 is 0 Å². The molecule has 2 saturated heterocycles. The average Bonchev–Trinajstić information content (AvgIpc) is 3.11. The van der Waals surface area contributed by atoms with Gasteiger partial charge in [0.25, 0.3) is 5.91 Å². The first kappa shape index (κ1) is 18.5. The number of thioether (sulfide) groups is 1. The number of carbonyl (C=O) groups is 1. The summed E-state index contributed by atoms with van der Waals surface area (Å²) < 4.78 is 0. The van der Waals surface area contributed by atoms with Gasteiger partial charge in [0.15, 0.2) is 0 Å². The van der Waals surface area contributed by atoms with Crippen LogP contribution in [0, 0.1) is 0 Å². The highest BCUT2D eigenvalue weighted by Gasteiger charge is 2.34. The molecule has 0 spiro atoms. The second-order valence-electron chi connectivity index (χ2n) is 7.48. The van der Waals surface area contributed by atoms with E-state index in [0.29, 0.717) is 13.1 Å². The van der Waals surface area contributed by atoms with E-state index in [0.717, 1.165) is 25.2 Å². The van der Waals surface area contributed by atoms with Crippen molar-refractivity contribution in [1.82, 2.24) is 9.80 Å². The van der Waals surface area contributed by atoms with Gasteiger partial charge in [-0.3, -0.25) is 9.69 Å². The molecule has 2 atom stereocenters. The molecule has 0 aliphatic carbocycles. The third kappa shape index (κ3) is 4.37. The summed E-state index contributed by atoms with van der Waals surface area (Å²) in [6.07, 6.45) is 0. The molecule has 2 N–H and O–H groups in total. The van der Waals surface area contributed by atoms with Crippen molar-refractivity contribution in [2.24, 2.45) is 5.73 Å². The number of benzene rings is 2. The summed E-state index contributed by atoms with van der Waals surface area (Å²) in [6.45, 7) is 4.58. The quantitative estimate of drug-likeness (QED) is 0.885. The number of hydrogen-bond acceptors (Lipinski definition) is 4. The van der Waals surface area contributed by atoms with Crippen LogP contribution in [0.1, 0.15) is 27.4 Å². The van der Waals surface area contributed by atoms with E-state index in [1.54, 1.807) is 0 Å². The Bertz CT molecular complexity index is 759. The lowest BCUT2D eigenvalue weighted by Gasteiger charge is -2.26. The molecule has 2 aliphatic rings. The highest BCUT2D eigenvalue weighted by molar-refractivity contribution is 7.99. The first-order chi connectivity index (χ1) is 13.2. The summed E-state index contributed by atoms with van der Waals surface area (Å²) in [5.74, 6) is 2.74. The monoisotopic (exact) mass is 381 g/mol. The predicted octanol–water partition coefficient (Wildman–Crippen LogP) is 2.80. The van der Waals surface area contributed by atoms with E-state index in [1.165, 1.54) is 22.6 Å². The fourth-order valence-electron chi connectivity index (χ4n) is 4.00. The van der Waals surface area contributed by atoms with E-state index in [-0.39, 0.29) is 17.9 Å². The molecule has 0 unspecified atom stereocenters. The van der Waals surface area contributed by atoms with Crippen molar-refractivity contribution in [2.75, 3.05) is 37.7 Å². The van der Waals surface area contributed by atoms with Gasteiger partial charge in [0, 0.05) is 61.8 Å². The molecule has 27 heavy (non-hydrogen) atoms. The number of rotatable bonds is 4. The fourth-order valence-corrected chi connectivity index (χ4v) is 4.98. The van der Waals surface area contributed by atoms with Crippen LogP contribution in [0.5, 0.6) is 0 Å². The van der Waals surface area contributed by atoms with E-state index in [2.05, 4.69) is 29.2 Å². The van der Waals surface area contributed by atoms with Crippen LogP contribution < -0.4 is 5.73 Å². The predicted molar refractivity (Wildman–Crippen MR) is 112 cm³/mol. The smallest absolute Gasteiger partial charge is 0.253 e. The molecule has 5 heteroatoms. The van der Waals surface area contributed by atoms with Gasteiger partial charge in [0.1, 0.15) is 0 Å². The molecule has 0 bridgehead atoms. The third-order valence-electron chi connectivity index (χ3n) is 5.59. The largest absolute Gasteiger partial charge is 0.336 e. The number of likely N-dealkylation sites (tertiary alicyclic amines) is 1. The molecule has 2 fully saturated rings. The zero-order chi connectivity index (χ0) is 18.6. The Balaban J connectivity index is 1.39. The lowest BCUT2D eigenvalue weighted by atomic mass is 9.95. The van der Waals surface area contributed by atoms with Crippen LogP contribution in [0.3, 0.4) is 0 Å². The summed E-state index contributed by atoms with van der Waals surface area (Å²) in [5.41, 5.74) is 9.60. The molecule has 4 rings (SSSR count). The molecule has 0 aromatic heterocycles. The van der Waals surface area contributed by atoms with Crippen molar-refractivity contribution in [2.45, 2.75) is 18.5 Å². The standard InChI is InChI=1S/C22H27N3OS/c23-21-16-25(15-20(21)18-4-2-1-3-5-18)22(26)19-8-6-17(7-9-19)14-24-10-12-27-13-11-24/h1-9,20-21H,10-16,23H2/t20-,21+/m0/s1. The van der Waals surface area contributed by atoms with E-state index in [9.17, 15) is 4.79 Å². The number of amides is 1. The van der Waals surface area contributed by atoms with Gasteiger partial charge in [-0.1, -0.05) is 42.5 Å². The van der Waals surface area contributed by atoms with Crippen molar-refractivity contribution in [3.8, 4) is 0 Å². The molecule has 4 nitrogen and oxygen atoms in total. The normalized spacial score (nSPS) is 23.5. The Morgan fingerprint density at radius 1 is 1.00 bits per heavy atom. The van der Waals surface area contributed by atoms with E-state index in [1.807, 2.05) is 47.0 Å². The summed E-state index contributed by atoms with van der Waals surface area (Å²) in [5, 5.41) is 0. The van der Waals surface area contributed by atoms with Gasteiger partial charge in [-0.15, -0.1) is 0 Å². The van der Waals surface area contributed by atoms with Crippen LogP contribution in [-0.2, 0) is 6.54 Å². The summed E-state index contributed by atoms with van der Waals surface area (Å²) in [7, 11) is 0. The van der Waals surface area contributed by atoms with Crippen LogP contribution in [0.25, 0.3) is 0 Å². The van der Waals surface area contributed by atoms with E-state index < -0.39 is 0 Å². The highest BCUT2D eigenvalue weighted by Crippen LogP contribution is 2.27. The minimum Gasteiger partial charge on any atom is -0.336 e. The van der Waals surface area contributed by atoms with Gasteiger partial charge < -0.3 is 10.6 Å². The van der Waals surface area contributed by atoms with Crippen molar-refractivity contribution in [1.29, 1.82) is 0 Å². The van der Waals surface area contributed by atoms with Gasteiger partial charge in [-0.25, -0.2) is 0 Å². The Morgan fingerprint density at radius 2 is 1.70 bits per heavy atom. The minimum atomic E-state index is -0.00686. The van der Waals surface area contributed by atoms with Crippen LogP contribution in [0.15, 0.2) is 54.6 Å². The lowest BCUT2D eigenvalue weighted by molar-refractivity contribution is 0.0789. The van der Waals surface area contributed by atoms with Gasteiger partial charge in [0.2, 0.25) is 0 Å². The van der Waals surface area contributed by atoms with Crippen LogP contribution >= 0.6 is 11.8 Å². The number of nitrogens with two attached hydrogens (primary N) is 1. The fraction of sp³-hybridized carbons (Fsp3) is 0.409. The SMILES string of the molecule is N[C@@H]1CN(C(=O)c2ccc(CN3CCSCC3)cc2)C[C@H]1c1ccccc1. The second kappa shape index (κ2) is 8.46. The molecule has 1 amide bonds. The zero-order valence-corrected chi connectivity index (χ0v) is 16.4. The molecular formula is C22H27N3OS. The summed E-state index contributed by atoms with van der Waals surface area (Å²) in [4.78, 5) is 17.3. The Hall–Kier alpha value is -1.82. The molecular weight excluding hydrogens is 354 g/mol. The van der Waals surface area contributed by atoms with Crippen molar-refractivity contribution >= 4 is 17.7 Å². The summed E-state index contributed by atoms with van der Waals surface area (Å²) in [6, 6.07) is 18.4. The van der Waals surface area contributed by atoms with Gasteiger partial charge in [-0.05, 0) is 23.3 Å². The van der Waals surface area contributed by atoms with Gasteiger partial charge in [-0.2, -0.15) is 11.8 Å². The molecule has 2 heterocycles. The first-order valence-electron chi connectivity index (χ1n) is 9.69. The maximum Gasteiger partial charge on any atom is 0.253 e. The number of carbonyl (C=O) groups excluding carboxylic acids is 1. The maximum absolute atomic E-state index is 12.9. The van der Waals surface area contributed by atoms with Crippen LogP contribution in [-0.4, -0.2) is 59.4 Å². The van der Waals surface area contributed by atoms with Gasteiger partial charge >= 0.3 is 0 Å². The number of hydrogen-bond donors (Lipinski definition) is 1. The molecule has 142 valence electrons. The van der Waals surface area contributed by atoms with Crippen molar-refractivity contribution in [3.05, 3.63) is 71.3 Å². The Labute approximate surface area is 165 Å². The molecule has 0 saturated carbocycles. The molecule has 2 aromatic carbocycles. The summed E-state index contributed by atoms with van der Waals surface area (Å²) >= 11 is 2.03. The second-order valence-corrected chi connectivity index (χ2v) is 8.70. The van der Waals surface area contributed by atoms with Crippen LogP contribution in [0.2, 0.25) is 0 Å². The first-order valence-corrected chi connectivity index (χ1v) is 10.8. The third-order valence-corrected chi connectivity index (χ3v) is 6.53. The number of nitrogens with zero attached hydrogens (tertiary/aromatic N) is 2. The molecule has 2 aliphatic heterocycles. The maximum atomic E-state index is 12.9. The van der Waals surface area contributed by atoms with Crippen LogP contribution in [0.4, 0.5) is 0 Å². The Morgan fingerprint density at radius 3 is 2.41 bits per heavy atom. The van der Waals surface area contributed by atoms with Gasteiger partial charge in [0.05, 0.1) is 0 Å². The zero-order valence-electron chi connectivity index (χ0n) is 15.6. The topological polar surface area (TPSA) is 49.6 Å². The Kier molecular flexibility index (Phi) is 5.81. The highest BCUT2D eigenvalue weighted by atomic mass is 32.2. The lowest BCUT2D eigenvalue weighted by Crippen LogP contribution is -2.32. The van der Waals surface area contributed by atoms with Crippen molar-refractivity contribution < 1.29 is 4.79 Å². The molecule has 2 aromatic rings. The molecule has 0 radical (unpaired) electrons. The van der Waals surface area contributed by atoms with Crippen molar-refractivity contribution in [3.63, 3.8) is 0 Å².